The van der Waals surface area contributed by atoms with E-state index >= 15 is 0 Å². The molecule has 0 saturated carbocycles. The summed E-state index contributed by atoms with van der Waals surface area (Å²) in [6.45, 7) is 1.89. The highest BCUT2D eigenvalue weighted by molar-refractivity contribution is 7.98. The summed E-state index contributed by atoms with van der Waals surface area (Å²) in [4.78, 5) is 15.2. The molecule has 0 unspecified atom stereocenters. The summed E-state index contributed by atoms with van der Waals surface area (Å²) in [6, 6.07) is 17.6. The van der Waals surface area contributed by atoms with E-state index in [9.17, 15) is 17.6 Å². The van der Waals surface area contributed by atoms with Crippen molar-refractivity contribution >= 4 is 38.8 Å². The van der Waals surface area contributed by atoms with Gasteiger partial charge in [0.1, 0.15) is 10.7 Å². The van der Waals surface area contributed by atoms with Gasteiger partial charge in [-0.25, -0.2) is 12.8 Å². The van der Waals surface area contributed by atoms with Crippen LogP contribution in [0.1, 0.15) is 15.9 Å². The van der Waals surface area contributed by atoms with E-state index in [1.807, 2.05) is 31.4 Å². The van der Waals surface area contributed by atoms with Gasteiger partial charge in [0.15, 0.2) is 0 Å². The van der Waals surface area contributed by atoms with Crippen LogP contribution in [0.2, 0.25) is 0 Å². The molecule has 4 nitrogen and oxygen atoms in total. The van der Waals surface area contributed by atoms with Crippen molar-refractivity contribution in [2.75, 3.05) is 11.2 Å². The van der Waals surface area contributed by atoms with Crippen LogP contribution in [0.3, 0.4) is 0 Å². The number of sulfone groups is 1. The van der Waals surface area contributed by atoms with Gasteiger partial charge in [-0.15, -0.1) is 11.8 Å². The molecule has 3 aromatic carbocycles. The van der Waals surface area contributed by atoms with Gasteiger partial charge in [0.05, 0.1) is 10.6 Å². The number of anilines is 2. The Kier molecular flexibility index (Phi) is 5.26. The minimum atomic E-state index is -4.12. The van der Waals surface area contributed by atoms with Crippen LogP contribution in [-0.2, 0) is 9.84 Å². The lowest BCUT2D eigenvalue weighted by Crippen LogP contribution is -2.26. The van der Waals surface area contributed by atoms with E-state index in [-0.39, 0.29) is 21.1 Å². The largest absolute Gasteiger partial charge is 0.314 e. The van der Waals surface area contributed by atoms with E-state index < -0.39 is 21.4 Å². The van der Waals surface area contributed by atoms with E-state index in [1.54, 1.807) is 35.2 Å². The Bertz CT molecular complexity index is 1280. The highest BCUT2D eigenvalue weighted by atomic mass is 32.2. The molecule has 0 radical (unpaired) electrons. The summed E-state index contributed by atoms with van der Waals surface area (Å²) in [5.41, 5.74) is 2.05. The van der Waals surface area contributed by atoms with E-state index in [1.165, 1.54) is 30.1 Å². The van der Waals surface area contributed by atoms with Crippen LogP contribution in [0.5, 0.6) is 0 Å². The van der Waals surface area contributed by atoms with Crippen LogP contribution in [0, 0.1) is 12.7 Å². The number of carbonyl (C=O) groups is 1. The topological polar surface area (TPSA) is 54.5 Å². The molecular weight excluding hydrogens is 421 g/mol. The minimum absolute atomic E-state index is 0.101. The van der Waals surface area contributed by atoms with Crippen LogP contribution in [0.4, 0.5) is 15.8 Å². The first-order valence-corrected chi connectivity index (χ1v) is 11.8. The van der Waals surface area contributed by atoms with Gasteiger partial charge in [-0.1, -0.05) is 35.9 Å². The molecule has 30 heavy (non-hydrogen) atoms. The van der Waals surface area contributed by atoms with Gasteiger partial charge in [0, 0.05) is 22.3 Å². The maximum absolute atomic E-state index is 14.0. The van der Waals surface area contributed by atoms with E-state index in [0.29, 0.717) is 5.69 Å². The Balaban J connectivity index is 1.93. The van der Waals surface area contributed by atoms with Crippen LogP contribution < -0.4 is 4.90 Å². The quantitative estimate of drug-likeness (QED) is 0.305. The predicted molar refractivity (Wildman–Crippen MR) is 118 cm³/mol. The third-order valence-electron chi connectivity index (χ3n) is 4.87. The number of fused-ring (bicyclic) bond motifs is 1. The minimum Gasteiger partial charge on any atom is -0.314 e. The van der Waals surface area contributed by atoms with Gasteiger partial charge in [-0.05, 0) is 49.6 Å². The number of ketones is 1. The Hall–Kier alpha value is -2.90. The van der Waals surface area contributed by atoms with Crippen molar-refractivity contribution < 1.29 is 17.6 Å². The van der Waals surface area contributed by atoms with Gasteiger partial charge in [0.25, 0.3) is 0 Å². The normalized spacial score (nSPS) is 14.8. The number of halogens is 1. The van der Waals surface area contributed by atoms with Crippen molar-refractivity contribution in [3.63, 3.8) is 0 Å². The molecule has 152 valence electrons. The lowest BCUT2D eigenvalue weighted by molar-refractivity contribution is 0.104. The molecule has 0 aliphatic carbocycles. The average molecular weight is 440 g/mol. The summed E-state index contributed by atoms with van der Waals surface area (Å²) in [5, 5.41) is 0. The first kappa shape index (κ1) is 20.4. The van der Waals surface area contributed by atoms with E-state index in [4.69, 9.17) is 0 Å². The summed E-state index contributed by atoms with van der Waals surface area (Å²) in [6.07, 6.45) is 3.22. The fourth-order valence-corrected chi connectivity index (χ4v) is 5.26. The maximum Gasteiger partial charge on any atom is 0.214 e. The van der Waals surface area contributed by atoms with Crippen LogP contribution in [0.25, 0.3) is 0 Å². The third-order valence-corrected chi connectivity index (χ3v) is 7.39. The number of thioether (sulfide) groups is 1. The molecule has 0 atom stereocenters. The molecule has 0 N–H and O–H groups in total. The molecule has 1 aliphatic rings. The molecule has 0 aromatic heterocycles. The molecule has 0 saturated heterocycles. The maximum atomic E-state index is 14.0. The highest BCUT2D eigenvalue weighted by Crippen LogP contribution is 2.41. The number of rotatable bonds is 4. The molecule has 0 bridgehead atoms. The van der Waals surface area contributed by atoms with E-state index in [2.05, 4.69) is 0 Å². The molecule has 1 aliphatic heterocycles. The van der Waals surface area contributed by atoms with Crippen LogP contribution in [0.15, 0.2) is 87.6 Å². The predicted octanol–water partition coefficient (Wildman–Crippen LogP) is 5.51. The van der Waals surface area contributed by atoms with Crippen LogP contribution in [-0.4, -0.2) is 20.5 Å². The lowest BCUT2D eigenvalue weighted by atomic mass is 10.1. The Labute approximate surface area is 179 Å². The zero-order valence-electron chi connectivity index (χ0n) is 16.3. The second-order valence-electron chi connectivity index (χ2n) is 6.88. The van der Waals surface area contributed by atoms with Crippen LogP contribution >= 0.6 is 11.8 Å². The second kappa shape index (κ2) is 7.74. The first-order chi connectivity index (χ1) is 14.3. The van der Waals surface area contributed by atoms with Gasteiger partial charge in [0.2, 0.25) is 15.6 Å². The van der Waals surface area contributed by atoms with Crippen molar-refractivity contribution in [2.45, 2.75) is 16.7 Å². The molecule has 4 rings (SSSR count). The third kappa shape index (κ3) is 3.55. The standard InChI is InChI=1S/C23H18FNO3S2/c1-15-6-8-16(9-7-15)23(26)22-14-25(18-4-3-5-19(13-18)29-2)20-12-17(24)10-11-21(20)30(22,27)28/h3-14H,1-2H3. The second-order valence-corrected chi connectivity index (χ2v) is 9.64. The zero-order valence-corrected chi connectivity index (χ0v) is 17.9. The molecule has 1 heterocycles. The summed E-state index contributed by atoms with van der Waals surface area (Å²) >= 11 is 1.53. The molecule has 7 heteroatoms. The molecule has 0 spiro atoms. The highest BCUT2D eigenvalue weighted by Gasteiger charge is 2.36. The van der Waals surface area contributed by atoms with E-state index in [0.717, 1.165) is 16.5 Å². The fraction of sp³-hybridized carbons (Fsp3) is 0.0870. The number of aryl methyl sites for hydroxylation is 1. The number of hydrogen-bond acceptors (Lipinski definition) is 5. The van der Waals surface area contributed by atoms with Gasteiger partial charge in [-0.2, -0.15) is 0 Å². The van der Waals surface area contributed by atoms with Crippen molar-refractivity contribution in [3.05, 3.63) is 94.8 Å². The number of Topliss-reactive ketones (excluding diaryl/α,β-unsaturated/α-hetero) is 1. The molecule has 0 fully saturated rings. The lowest BCUT2D eigenvalue weighted by Gasteiger charge is -2.29. The molecule has 0 amide bonds. The van der Waals surface area contributed by atoms with Crippen molar-refractivity contribution in [1.29, 1.82) is 0 Å². The summed E-state index contributed by atoms with van der Waals surface area (Å²) in [7, 11) is -4.12. The average Bonchev–Trinajstić information content (AvgIpc) is 2.73. The fourth-order valence-electron chi connectivity index (χ4n) is 3.28. The van der Waals surface area contributed by atoms with Crippen molar-refractivity contribution in [1.82, 2.24) is 0 Å². The first-order valence-electron chi connectivity index (χ1n) is 9.12. The number of hydrogen-bond donors (Lipinski definition) is 0. The van der Waals surface area contributed by atoms with Crippen molar-refractivity contribution in [3.8, 4) is 0 Å². The summed E-state index contributed by atoms with van der Waals surface area (Å²) < 4.78 is 40.5. The monoisotopic (exact) mass is 439 g/mol. The van der Waals surface area contributed by atoms with Gasteiger partial charge in [-0.3, -0.25) is 4.79 Å². The zero-order chi connectivity index (χ0) is 21.5. The number of allylic oxidation sites excluding steroid dienone is 1. The number of carbonyl (C=O) groups excluding carboxylic acids is 1. The van der Waals surface area contributed by atoms with Gasteiger partial charge >= 0.3 is 0 Å². The van der Waals surface area contributed by atoms with Gasteiger partial charge < -0.3 is 4.90 Å². The SMILES string of the molecule is CSc1cccc(N2C=C(C(=O)c3ccc(C)cc3)S(=O)(=O)c3ccc(F)cc32)c1. The Morgan fingerprint density at radius 2 is 1.73 bits per heavy atom. The molecular formula is C23H18FNO3S2. The Morgan fingerprint density at radius 3 is 2.43 bits per heavy atom. The Morgan fingerprint density at radius 1 is 1.00 bits per heavy atom. The van der Waals surface area contributed by atoms with Crippen molar-refractivity contribution in [2.24, 2.45) is 0 Å². The molecule has 3 aromatic rings. The number of benzene rings is 3. The number of nitrogens with zero attached hydrogens (tertiary/aromatic N) is 1. The smallest absolute Gasteiger partial charge is 0.214 e. The summed E-state index contributed by atoms with van der Waals surface area (Å²) in [5.74, 6) is -1.16.